The van der Waals surface area contributed by atoms with E-state index in [1.54, 1.807) is 24.3 Å². The van der Waals surface area contributed by atoms with Crippen molar-refractivity contribution in [2.45, 2.75) is 136 Å². The maximum atomic E-state index is 10.1. The molecule has 0 amide bonds. The Hall–Kier alpha value is -3.02. The Morgan fingerprint density at radius 2 is 0.780 bits per heavy atom. The van der Waals surface area contributed by atoms with Crippen LogP contribution in [0.3, 0.4) is 0 Å². The van der Waals surface area contributed by atoms with Gasteiger partial charge in [0.25, 0.3) is 0 Å². The molecule has 0 fully saturated rings. The van der Waals surface area contributed by atoms with Gasteiger partial charge in [0.2, 0.25) is 0 Å². The molecule has 232 valence electrons. The molecule has 0 unspecified atom stereocenters. The van der Waals surface area contributed by atoms with Crippen LogP contribution in [-0.2, 0) is 15.0 Å². The third kappa shape index (κ3) is 20.5. The average molecular weight is 573 g/mol. The number of aliphatic carboxylic acids is 2. The van der Waals surface area contributed by atoms with E-state index in [0.29, 0.717) is 12.8 Å². The molecule has 2 rings (SSSR count). The first kappa shape index (κ1) is 38.0. The van der Waals surface area contributed by atoms with Gasteiger partial charge in [-0.2, -0.15) is 0 Å². The molecule has 41 heavy (non-hydrogen) atoms. The summed E-state index contributed by atoms with van der Waals surface area (Å²) >= 11 is 0. The van der Waals surface area contributed by atoms with E-state index in [4.69, 9.17) is 10.2 Å². The van der Waals surface area contributed by atoms with E-state index in [1.807, 2.05) is 24.3 Å². The van der Waals surface area contributed by atoms with Crippen molar-refractivity contribution in [1.29, 1.82) is 0 Å². The Kier molecular flexibility index (Phi) is 21.9. The number of carboxylic acids is 2. The maximum absolute atomic E-state index is 10.1. The number of unbranched alkanes of at least 4 members (excludes halogenated alkanes) is 12. The second-order valence-electron chi connectivity index (χ2n) is 11.2. The fraction of sp³-hybridized carbons (Fsp3) is 0.600. The lowest BCUT2D eigenvalue weighted by molar-refractivity contribution is -0.138. The van der Waals surface area contributed by atoms with Crippen molar-refractivity contribution < 1.29 is 30.0 Å². The van der Waals surface area contributed by atoms with Crippen molar-refractivity contribution in [2.75, 3.05) is 0 Å². The van der Waals surface area contributed by atoms with Gasteiger partial charge in [-0.25, -0.2) is 0 Å². The highest BCUT2D eigenvalue weighted by molar-refractivity contribution is 5.66. The van der Waals surface area contributed by atoms with Crippen molar-refractivity contribution in [3.05, 3.63) is 59.7 Å². The highest BCUT2D eigenvalue weighted by Crippen LogP contribution is 2.32. The molecule has 0 radical (unpaired) electrons. The molecule has 0 spiro atoms. The van der Waals surface area contributed by atoms with Gasteiger partial charge >= 0.3 is 11.9 Å². The summed E-state index contributed by atoms with van der Waals surface area (Å²) in [4.78, 5) is 20.3. The monoisotopic (exact) mass is 572 g/mol. The lowest BCUT2D eigenvalue weighted by Gasteiger charge is -2.26. The number of rotatable bonds is 18. The third-order valence-electron chi connectivity index (χ3n) is 7.17. The summed E-state index contributed by atoms with van der Waals surface area (Å²) in [5.74, 6) is -0.780. The average Bonchev–Trinajstić information content (AvgIpc) is 2.93. The summed E-state index contributed by atoms with van der Waals surface area (Å²) < 4.78 is 0. The normalized spacial score (nSPS) is 10.6. The zero-order valence-electron chi connectivity index (χ0n) is 26.0. The first-order chi connectivity index (χ1) is 19.5. The number of hydrogen-bond donors (Lipinski definition) is 4. The molecule has 0 saturated carbocycles. The van der Waals surface area contributed by atoms with Crippen LogP contribution in [0.1, 0.15) is 142 Å². The summed E-state index contributed by atoms with van der Waals surface area (Å²) in [6.07, 6.45) is 17.3. The zero-order chi connectivity index (χ0) is 30.9. The van der Waals surface area contributed by atoms with Crippen LogP contribution in [0.2, 0.25) is 0 Å². The van der Waals surface area contributed by atoms with Gasteiger partial charge in [0.1, 0.15) is 11.5 Å². The van der Waals surface area contributed by atoms with Crippen molar-refractivity contribution in [2.24, 2.45) is 0 Å². The van der Waals surface area contributed by atoms with Crippen LogP contribution in [0.5, 0.6) is 11.5 Å². The molecule has 0 aliphatic heterocycles. The number of benzene rings is 2. The number of aromatic hydroxyl groups is 2. The van der Waals surface area contributed by atoms with Crippen LogP contribution >= 0.6 is 0 Å². The minimum atomic E-state index is -0.663. The lowest BCUT2D eigenvalue weighted by Crippen LogP contribution is -2.18. The predicted octanol–water partition coefficient (Wildman–Crippen LogP) is 9.85. The van der Waals surface area contributed by atoms with Crippen molar-refractivity contribution in [3.8, 4) is 11.5 Å². The Bertz CT molecular complexity index is 843. The number of phenolic OH excluding ortho intramolecular Hbond substituents is 2. The summed E-state index contributed by atoms with van der Waals surface area (Å²) in [5, 5.41) is 35.3. The van der Waals surface area contributed by atoms with Crippen LogP contribution < -0.4 is 0 Å². The van der Waals surface area contributed by atoms with Gasteiger partial charge in [-0.15, -0.1) is 0 Å². The third-order valence-corrected chi connectivity index (χ3v) is 7.17. The topological polar surface area (TPSA) is 115 Å². The summed E-state index contributed by atoms with van der Waals surface area (Å²) in [5.41, 5.74) is 2.10. The molecule has 2 aromatic carbocycles. The molecule has 0 aromatic heterocycles. The second kappa shape index (κ2) is 23.7. The van der Waals surface area contributed by atoms with Crippen molar-refractivity contribution in [1.82, 2.24) is 0 Å². The quantitative estimate of drug-likeness (QED) is 0.132. The SMILES string of the molecule is CC(C)(c1ccc(O)cc1)c1ccc(O)cc1.CCCCCCCCCC(=O)O.CCCCCCCCCC(=O)O. The lowest BCUT2D eigenvalue weighted by atomic mass is 9.78. The van der Waals surface area contributed by atoms with Gasteiger partial charge in [-0.05, 0) is 48.2 Å². The van der Waals surface area contributed by atoms with Gasteiger partial charge in [0.05, 0.1) is 0 Å². The molecule has 0 bridgehead atoms. The number of carbonyl (C=O) groups is 2. The first-order valence-corrected chi connectivity index (χ1v) is 15.6. The highest BCUT2D eigenvalue weighted by Gasteiger charge is 2.22. The van der Waals surface area contributed by atoms with Crippen LogP contribution in [-0.4, -0.2) is 32.4 Å². The van der Waals surface area contributed by atoms with E-state index >= 15 is 0 Å². The van der Waals surface area contributed by atoms with E-state index in [0.717, 1.165) is 36.8 Å². The number of phenols is 2. The number of carboxylic acid groups (broad SMARTS) is 2. The first-order valence-electron chi connectivity index (χ1n) is 15.6. The summed E-state index contributed by atoms with van der Waals surface area (Å²) in [7, 11) is 0. The zero-order valence-corrected chi connectivity index (χ0v) is 26.0. The van der Waals surface area contributed by atoms with Crippen LogP contribution in [0.4, 0.5) is 0 Å². The van der Waals surface area contributed by atoms with Gasteiger partial charge in [0, 0.05) is 18.3 Å². The standard InChI is InChI=1S/C15H16O2.2C10H20O2/c1-15(2,11-3-7-13(16)8-4-11)12-5-9-14(17)10-6-12;2*1-2-3-4-5-6-7-8-9-10(11)12/h3-10,16-17H,1-2H3;2*2-9H2,1H3,(H,11,12). The Morgan fingerprint density at radius 1 is 0.512 bits per heavy atom. The highest BCUT2D eigenvalue weighted by atomic mass is 16.4. The van der Waals surface area contributed by atoms with E-state index in [2.05, 4.69) is 27.7 Å². The van der Waals surface area contributed by atoms with Gasteiger partial charge in [0.15, 0.2) is 0 Å². The molecular formula is C35H56O6. The molecule has 2 aromatic rings. The second-order valence-corrected chi connectivity index (χ2v) is 11.2. The van der Waals surface area contributed by atoms with E-state index < -0.39 is 11.9 Å². The fourth-order valence-corrected chi connectivity index (χ4v) is 4.39. The Morgan fingerprint density at radius 3 is 1.05 bits per heavy atom. The molecule has 0 atom stereocenters. The predicted molar refractivity (Wildman–Crippen MR) is 169 cm³/mol. The summed E-state index contributed by atoms with van der Waals surface area (Å²) in [6, 6.07) is 14.4. The molecule has 0 heterocycles. The van der Waals surface area contributed by atoms with Crippen molar-refractivity contribution >= 4 is 11.9 Å². The molecule has 6 nitrogen and oxygen atoms in total. The summed E-state index contributed by atoms with van der Waals surface area (Å²) in [6.45, 7) is 8.63. The van der Waals surface area contributed by atoms with Gasteiger partial charge < -0.3 is 20.4 Å². The molecular weight excluding hydrogens is 516 g/mol. The molecule has 0 aliphatic carbocycles. The van der Waals surface area contributed by atoms with E-state index in [9.17, 15) is 19.8 Å². The van der Waals surface area contributed by atoms with E-state index in [-0.39, 0.29) is 16.9 Å². The van der Waals surface area contributed by atoms with Crippen LogP contribution in [0.25, 0.3) is 0 Å². The molecule has 6 heteroatoms. The fourth-order valence-electron chi connectivity index (χ4n) is 4.39. The van der Waals surface area contributed by atoms with Crippen LogP contribution in [0.15, 0.2) is 48.5 Å². The Labute approximate surface area is 248 Å². The van der Waals surface area contributed by atoms with Gasteiger partial charge in [-0.3, -0.25) is 9.59 Å². The van der Waals surface area contributed by atoms with Crippen molar-refractivity contribution in [3.63, 3.8) is 0 Å². The Balaban J connectivity index is 0.000000603. The molecule has 4 N–H and O–H groups in total. The molecule has 0 saturated heterocycles. The minimum Gasteiger partial charge on any atom is -0.508 e. The van der Waals surface area contributed by atoms with Gasteiger partial charge in [-0.1, -0.05) is 129 Å². The van der Waals surface area contributed by atoms with Crippen LogP contribution in [0, 0.1) is 0 Å². The molecule has 0 aliphatic rings. The minimum absolute atomic E-state index is 0.151. The smallest absolute Gasteiger partial charge is 0.303 e. The number of hydrogen-bond acceptors (Lipinski definition) is 4. The van der Waals surface area contributed by atoms with E-state index in [1.165, 1.54) is 64.2 Å². The maximum Gasteiger partial charge on any atom is 0.303 e. The largest absolute Gasteiger partial charge is 0.508 e.